The molecule has 0 radical (unpaired) electrons. The van der Waals surface area contributed by atoms with Crippen molar-refractivity contribution in [2.24, 2.45) is 0 Å². The third kappa shape index (κ3) is 2.12. The molecule has 19 heavy (non-hydrogen) atoms. The summed E-state index contributed by atoms with van der Waals surface area (Å²) in [4.78, 5) is 8.80. The third-order valence-electron chi connectivity index (χ3n) is 2.70. The lowest BCUT2D eigenvalue weighted by Gasteiger charge is -2.06. The van der Waals surface area contributed by atoms with Gasteiger partial charge in [-0.05, 0) is 18.4 Å². The number of nitrogens with zero attached hydrogens (tertiary/aromatic N) is 5. The minimum Gasteiger partial charge on any atom is -0.373 e. The van der Waals surface area contributed by atoms with Gasteiger partial charge in [0.05, 0.1) is 5.52 Å². The van der Waals surface area contributed by atoms with Gasteiger partial charge in [-0.2, -0.15) is 4.68 Å². The van der Waals surface area contributed by atoms with Crippen LogP contribution in [0.4, 0.5) is 5.82 Å². The quantitative estimate of drug-likeness (QED) is 0.581. The number of rotatable bonds is 3. The van der Waals surface area contributed by atoms with E-state index in [4.69, 9.17) is 0 Å². The summed E-state index contributed by atoms with van der Waals surface area (Å²) in [7, 11) is 1.83. The molecule has 0 fully saturated rings. The first-order valence-electron chi connectivity index (χ1n) is 5.73. The zero-order chi connectivity index (χ0) is 13.2. The maximum Gasteiger partial charge on any atom is 0.191 e. The van der Waals surface area contributed by atoms with Gasteiger partial charge in [0, 0.05) is 13.1 Å². The molecular formula is C12H12N6S. The Balaban J connectivity index is 2.20. The van der Waals surface area contributed by atoms with E-state index in [-0.39, 0.29) is 0 Å². The van der Waals surface area contributed by atoms with Gasteiger partial charge >= 0.3 is 0 Å². The standard InChI is InChI=1S/C12H12N6S/c1-13-10-7-11(15-12(14-10)19-2)18-9-6-4-3-5-8(9)16-17-18/h3-7H,1-2H3,(H,13,14,15). The molecular weight excluding hydrogens is 260 g/mol. The Bertz CT molecular complexity index is 701. The first kappa shape index (κ1) is 11.9. The highest BCUT2D eigenvalue weighted by molar-refractivity contribution is 7.98. The van der Waals surface area contributed by atoms with Crippen LogP contribution in [0.5, 0.6) is 0 Å². The summed E-state index contributed by atoms with van der Waals surface area (Å²) in [5.41, 5.74) is 1.77. The number of fused-ring (bicyclic) bond motifs is 1. The van der Waals surface area contributed by atoms with E-state index in [2.05, 4.69) is 25.6 Å². The molecule has 0 bridgehead atoms. The molecule has 7 heteroatoms. The van der Waals surface area contributed by atoms with E-state index in [1.54, 1.807) is 4.68 Å². The first-order chi connectivity index (χ1) is 9.31. The Morgan fingerprint density at radius 1 is 1.21 bits per heavy atom. The van der Waals surface area contributed by atoms with Crippen molar-refractivity contribution in [3.05, 3.63) is 30.3 Å². The lowest BCUT2D eigenvalue weighted by Crippen LogP contribution is -2.04. The van der Waals surface area contributed by atoms with E-state index in [0.29, 0.717) is 11.0 Å². The highest BCUT2D eigenvalue weighted by Gasteiger charge is 2.10. The number of hydrogen-bond acceptors (Lipinski definition) is 6. The van der Waals surface area contributed by atoms with E-state index in [0.717, 1.165) is 16.9 Å². The van der Waals surface area contributed by atoms with E-state index < -0.39 is 0 Å². The summed E-state index contributed by atoms with van der Waals surface area (Å²) < 4.78 is 1.72. The van der Waals surface area contributed by atoms with Gasteiger partial charge < -0.3 is 5.32 Å². The molecule has 0 aliphatic heterocycles. The van der Waals surface area contributed by atoms with Crippen LogP contribution in [0.2, 0.25) is 0 Å². The molecule has 6 nitrogen and oxygen atoms in total. The van der Waals surface area contributed by atoms with Crippen molar-refractivity contribution in [2.45, 2.75) is 5.16 Å². The summed E-state index contributed by atoms with van der Waals surface area (Å²) in [6, 6.07) is 9.64. The second-order valence-electron chi connectivity index (χ2n) is 3.84. The van der Waals surface area contributed by atoms with Gasteiger partial charge in [0.1, 0.15) is 11.3 Å². The SMILES string of the molecule is CNc1cc(-n2nnc3ccccc32)nc(SC)n1. The van der Waals surface area contributed by atoms with Crippen LogP contribution < -0.4 is 5.32 Å². The molecule has 96 valence electrons. The molecule has 0 saturated heterocycles. The van der Waals surface area contributed by atoms with Gasteiger partial charge in [0.25, 0.3) is 0 Å². The Labute approximate surface area is 114 Å². The summed E-state index contributed by atoms with van der Waals surface area (Å²) in [6.07, 6.45) is 1.94. The zero-order valence-corrected chi connectivity index (χ0v) is 11.3. The molecule has 2 aromatic heterocycles. The average Bonchev–Trinajstić information content (AvgIpc) is 2.90. The van der Waals surface area contributed by atoms with Crippen LogP contribution in [-0.2, 0) is 0 Å². The fraction of sp³-hybridized carbons (Fsp3) is 0.167. The van der Waals surface area contributed by atoms with E-state index in [1.807, 2.05) is 43.6 Å². The topological polar surface area (TPSA) is 68.5 Å². The van der Waals surface area contributed by atoms with Crippen LogP contribution in [0.1, 0.15) is 0 Å². The van der Waals surface area contributed by atoms with Gasteiger partial charge in [-0.3, -0.25) is 0 Å². The van der Waals surface area contributed by atoms with Crippen molar-refractivity contribution < 1.29 is 0 Å². The van der Waals surface area contributed by atoms with Gasteiger partial charge in [0.2, 0.25) is 0 Å². The smallest absolute Gasteiger partial charge is 0.191 e. The molecule has 0 amide bonds. The minimum atomic E-state index is 0.696. The third-order valence-corrected chi connectivity index (χ3v) is 3.25. The lowest BCUT2D eigenvalue weighted by atomic mass is 10.3. The number of hydrogen-bond donors (Lipinski definition) is 1. The number of para-hydroxylation sites is 1. The fourth-order valence-electron chi connectivity index (χ4n) is 1.78. The average molecular weight is 272 g/mol. The molecule has 3 rings (SSSR count). The number of benzene rings is 1. The van der Waals surface area contributed by atoms with Gasteiger partial charge in [-0.25, -0.2) is 9.97 Å². The highest BCUT2D eigenvalue weighted by Crippen LogP contribution is 2.19. The predicted molar refractivity (Wildman–Crippen MR) is 75.8 cm³/mol. The second kappa shape index (κ2) is 4.85. The van der Waals surface area contributed by atoms with Crippen molar-refractivity contribution in [3.8, 4) is 5.82 Å². The maximum atomic E-state index is 4.46. The molecule has 1 N–H and O–H groups in total. The second-order valence-corrected chi connectivity index (χ2v) is 4.61. The summed E-state index contributed by atoms with van der Waals surface area (Å²) in [5.74, 6) is 1.46. The molecule has 0 atom stereocenters. The summed E-state index contributed by atoms with van der Waals surface area (Å²) >= 11 is 1.49. The molecule has 2 heterocycles. The molecule has 0 aliphatic rings. The molecule has 1 aromatic carbocycles. The Hall–Kier alpha value is -2.15. The van der Waals surface area contributed by atoms with Crippen LogP contribution in [0.3, 0.4) is 0 Å². The predicted octanol–water partition coefficient (Wildman–Crippen LogP) is 1.97. The van der Waals surface area contributed by atoms with Crippen LogP contribution in [0, 0.1) is 0 Å². The molecule has 0 spiro atoms. The van der Waals surface area contributed by atoms with Crippen LogP contribution in [-0.4, -0.2) is 38.3 Å². The zero-order valence-electron chi connectivity index (χ0n) is 10.5. The van der Waals surface area contributed by atoms with Crippen molar-refractivity contribution in [2.75, 3.05) is 18.6 Å². The van der Waals surface area contributed by atoms with Crippen LogP contribution in [0.15, 0.2) is 35.5 Å². The summed E-state index contributed by atoms with van der Waals surface area (Å²) in [6.45, 7) is 0. The first-order valence-corrected chi connectivity index (χ1v) is 6.96. The van der Waals surface area contributed by atoms with Gasteiger partial charge in [-0.1, -0.05) is 29.1 Å². The van der Waals surface area contributed by atoms with Crippen LogP contribution >= 0.6 is 11.8 Å². The Kier molecular flexibility index (Phi) is 3.04. The number of anilines is 1. The largest absolute Gasteiger partial charge is 0.373 e. The van der Waals surface area contributed by atoms with Crippen molar-refractivity contribution >= 4 is 28.6 Å². The molecule has 0 saturated carbocycles. The van der Waals surface area contributed by atoms with Crippen molar-refractivity contribution in [1.29, 1.82) is 0 Å². The van der Waals surface area contributed by atoms with E-state index >= 15 is 0 Å². The van der Waals surface area contributed by atoms with Crippen molar-refractivity contribution in [1.82, 2.24) is 25.0 Å². The molecule has 0 aliphatic carbocycles. The van der Waals surface area contributed by atoms with E-state index in [1.165, 1.54) is 11.8 Å². The molecule has 3 aromatic rings. The number of nitrogens with one attached hydrogen (secondary N) is 1. The number of aromatic nitrogens is 5. The van der Waals surface area contributed by atoms with Gasteiger partial charge in [0.15, 0.2) is 11.0 Å². The molecule has 0 unspecified atom stereocenters. The van der Waals surface area contributed by atoms with E-state index in [9.17, 15) is 0 Å². The Morgan fingerprint density at radius 3 is 2.84 bits per heavy atom. The highest BCUT2D eigenvalue weighted by atomic mass is 32.2. The lowest BCUT2D eigenvalue weighted by molar-refractivity contribution is 0.778. The Morgan fingerprint density at radius 2 is 2.05 bits per heavy atom. The monoisotopic (exact) mass is 272 g/mol. The van der Waals surface area contributed by atoms with Crippen LogP contribution in [0.25, 0.3) is 16.9 Å². The number of thioether (sulfide) groups is 1. The normalized spacial score (nSPS) is 10.8. The maximum absolute atomic E-state index is 4.46. The van der Waals surface area contributed by atoms with Gasteiger partial charge in [-0.15, -0.1) is 5.10 Å². The minimum absolute atomic E-state index is 0.696. The summed E-state index contributed by atoms with van der Waals surface area (Å²) in [5, 5.41) is 12.0. The van der Waals surface area contributed by atoms with Crippen molar-refractivity contribution in [3.63, 3.8) is 0 Å². The fourth-order valence-corrected chi connectivity index (χ4v) is 2.15.